The van der Waals surface area contributed by atoms with Crippen LogP contribution in [0, 0.1) is 17.8 Å². The van der Waals surface area contributed by atoms with Crippen molar-refractivity contribution in [3.63, 3.8) is 0 Å². The van der Waals surface area contributed by atoms with Crippen molar-refractivity contribution in [3.05, 3.63) is 138 Å². The number of nitrogens with zero attached hydrogens (tertiary/aromatic N) is 3. The van der Waals surface area contributed by atoms with E-state index in [1.54, 1.807) is 0 Å². The van der Waals surface area contributed by atoms with Gasteiger partial charge in [0.2, 0.25) is 0 Å². The second kappa shape index (κ2) is 10.9. The summed E-state index contributed by atoms with van der Waals surface area (Å²) in [4.78, 5) is 7.39. The number of hydrogen-bond donors (Lipinski definition) is 0. The molecule has 0 amide bonds. The Labute approximate surface area is 251 Å². The number of rotatable bonds is 6. The molecule has 2 aromatic carbocycles. The molecule has 0 N–H and O–H groups in total. The molecule has 3 atom stereocenters. The Hall–Kier alpha value is -4.11. The highest BCUT2D eigenvalue weighted by molar-refractivity contribution is 5.76. The van der Waals surface area contributed by atoms with Crippen molar-refractivity contribution < 1.29 is 0 Å². The average molecular weight is 552 g/mol. The lowest BCUT2D eigenvalue weighted by Crippen LogP contribution is -2.33. The molecule has 3 nitrogen and oxygen atoms in total. The van der Waals surface area contributed by atoms with Crippen molar-refractivity contribution in [1.29, 1.82) is 0 Å². The summed E-state index contributed by atoms with van der Waals surface area (Å²) >= 11 is 0. The summed E-state index contributed by atoms with van der Waals surface area (Å²) in [5.41, 5.74) is 11.0. The fraction of sp³-hybridized carbons (Fsp3) is 0.308. The number of hydrogen-bond acceptors (Lipinski definition) is 2. The normalized spacial score (nSPS) is 23.2. The highest BCUT2D eigenvalue weighted by Crippen LogP contribution is 2.49. The smallest absolute Gasteiger partial charge is 0.144 e. The number of benzene rings is 2. The minimum Gasteiger partial charge on any atom is -0.334 e. The van der Waals surface area contributed by atoms with Gasteiger partial charge in [-0.1, -0.05) is 113 Å². The van der Waals surface area contributed by atoms with Crippen LogP contribution in [-0.2, 0) is 0 Å². The van der Waals surface area contributed by atoms with E-state index in [9.17, 15) is 0 Å². The van der Waals surface area contributed by atoms with Crippen LogP contribution in [-0.4, -0.2) is 15.6 Å². The van der Waals surface area contributed by atoms with Crippen molar-refractivity contribution in [1.82, 2.24) is 9.55 Å². The Morgan fingerprint density at radius 1 is 0.857 bits per heavy atom. The molecule has 0 radical (unpaired) electrons. The second-order valence-corrected chi connectivity index (χ2v) is 12.7. The molecule has 0 spiro atoms. The third kappa shape index (κ3) is 4.56. The molecule has 0 saturated heterocycles. The summed E-state index contributed by atoms with van der Waals surface area (Å²) < 4.78 is 2.35. The van der Waals surface area contributed by atoms with Gasteiger partial charge in [-0.15, -0.1) is 0 Å². The molecule has 212 valence electrons. The Morgan fingerprint density at radius 3 is 2.43 bits per heavy atom. The molecular formula is C39H41N3. The number of fused-ring (bicyclic) bond motifs is 3. The average Bonchev–Trinajstić information content (AvgIpc) is 3.64. The first-order valence-corrected chi connectivity index (χ1v) is 15.7. The van der Waals surface area contributed by atoms with Crippen LogP contribution in [0.3, 0.4) is 0 Å². The lowest BCUT2D eigenvalue weighted by molar-refractivity contribution is 0.611. The summed E-state index contributed by atoms with van der Waals surface area (Å²) in [5.74, 6) is 2.57. The van der Waals surface area contributed by atoms with Gasteiger partial charge in [0.15, 0.2) is 0 Å². The summed E-state index contributed by atoms with van der Waals surface area (Å²) in [6, 6.07) is 19.9. The monoisotopic (exact) mass is 551 g/mol. The maximum Gasteiger partial charge on any atom is 0.144 e. The Morgan fingerprint density at radius 2 is 1.67 bits per heavy atom. The minimum atomic E-state index is 0.326. The van der Waals surface area contributed by atoms with Gasteiger partial charge in [-0.3, -0.25) is 4.57 Å². The first-order chi connectivity index (χ1) is 20.5. The maximum atomic E-state index is 4.83. The van der Waals surface area contributed by atoms with E-state index in [2.05, 4.69) is 140 Å². The standard InChI is InChI=1S/C39H41N3/c1-26(2)33-24-30(25-34(27(3)4)38(33)41-22-21-40-39(41)28-13-7-5-8-14-28)29-19-20-37-35(23-29)32-17-11-12-18-36(32)42(37)31-15-9-6-10-16-31/h5,7-9,11-24,26-27,30,35,37H,6,10,25H2,1-4H3. The van der Waals surface area contributed by atoms with E-state index in [0.717, 1.165) is 30.7 Å². The van der Waals surface area contributed by atoms with Crippen molar-refractivity contribution >= 4 is 11.4 Å². The third-order valence-electron chi connectivity index (χ3n) is 9.39. The molecule has 3 aromatic rings. The van der Waals surface area contributed by atoms with Crippen LogP contribution in [0.25, 0.3) is 17.1 Å². The van der Waals surface area contributed by atoms with Gasteiger partial charge in [-0.25, -0.2) is 4.98 Å². The maximum absolute atomic E-state index is 4.83. The molecule has 2 heterocycles. The topological polar surface area (TPSA) is 21.1 Å². The zero-order chi connectivity index (χ0) is 28.8. The highest BCUT2D eigenvalue weighted by Gasteiger charge is 2.39. The van der Waals surface area contributed by atoms with E-state index >= 15 is 0 Å². The molecule has 4 aliphatic rings. The molecule has 7 rings (SSSR count). The van der Waals surface area contributed by atoms with Gasteiger partial charge in [0.25, 0.3) is 0 Å². The first kappa shape index (κ1) is 26.8. The van der Waals surface area contributed by atoms with E-state index < -0.39 is 0 Å². The molecule has 3 aliphatic carbocycles. The van der Waals surface area contributed by atoms with Gasteiger partial charge >= 0.3 is 0 Å². The van der Waals surface area contributed by atoms with E-state index in [0.29, 0.717) is 29.7 Å². The first-order valence-electron chi connectivity index (χ1n) is 15.7. The number of anilines is 1. The van der Waals surface area contributed by atoms with Gasteiger partial charge < -0.3 is 4.90 Å². The highest BCUT2D eigenvalue weighted by atomic mass is 15.2. The SMILES string of the molecule is CC(C)C1=CC(C2=CC3c4ccccc4N(C4=CCCC=C4)C3C=C2)CC(C(C)C)=C1n1ccnc1-c1ccccc1. The van der Waals surface area contributed by atoms with E-state index in [4.69, 9.17) is 4.98 Å². The van der Waals surface area contributed by atoms with Crippen molar-refractivity contribution in [2.24, 2.45) is 17.8 Å². The molecular weight excluding hydrogens is 510 g/mol. The second-order valence-electron chi connectivity index (χ2n) is 12.7. The number of imidazole rings is 1. The van der Waals surface area contributed by atoms with Gasteiger partial charge in [-0.2, -0.15) is 0 Å². The predicted octanol–water partition coefficient (Wildman–Crippen LogP) is 9.72. The third-order valence-corrected chi connectivity index (χ3v) is 9.39. The van der Waals surface area contributed by atoms with Crippen LogP contribution >= 0.6 is 0 Å². The lowest BCUT2D eigenvalue weighted by Gasteiger charge is -2.35. The van der Waals surface area contributed by atoms with Crippen molar-refractivity contribution in [3.8, 4) is 11.4 Å². The van der Waals surface area contributed by atoms with Crippen LogP contribution in [0.5, 0.6) is 0 Å². The lowest BCUT2D eigenvalue weighted by atomic mass is 9.74. The van der Waals surface area contributed by atoms with E-state index in [-0.39, 0.29) is 0 Å². The molecule has 0 saturated carbocycles. The predicted molar refractivity (Wildman–Crippen MR) is 176 cm³/mol. The van der Waals surface area contributed by atoms with Gasteiger partial charge in [0.1, 0.15) is 5.82 Å². The van der Waals surface area contributed by atoms with Crippen LogP contribution in [0.4, 0.5) is 5.69 Å². The number of para-hydroxylation sites is 1. The zero-order valence-corrected chi connectivity index (χ0v) is 25.2. The largest absolute Gasteiger partial charge is 0.334 e. The molecule has 1 aliphatic heterocycles. The minimum absolute atomic E-state index is 0.326. The summed E-state index contributed by atoms with van der Waals surface area (Å²) in [5, 5.41) is 0. The van der Waals surface area contributed by atoms with Gasteiger partial charge in [0.05, 0.1) is 6.04 Å². The Kier molecular flexibility index (Phi) is 6.98. The van der Waals surface area contributed by atoms with Crippen molar-refractivity contribution in [2.45, 2.75) is 58.9 Å². The fourth-order valence-corrected chi connectivity index (χ4v) is 7.34. The number of allylic oxidation sites excluding steroid dienone is 9. The van der Waals surface area contributed by atoms with E-state index in [1.165, 1.54) is 39.4 Å². The van der Waals surface area contributed by atoms with Gasteiger partial charge in [-0.05, 0) is 65.5 Å². The Bertz CT molecular complexity index is 1670. The van der Waals surface area contributed by atoms with E-state index in [1.807, 2.05) is 6.20 Å². The summed E-state index contributed by atoms with van der Waals surface area (Å²) in [6.07, 6.45) is 24.5. The summed E-state index contributed by atoms with van der Waals surface area (Å²) in [6.45, 7) is 9.38. The zero-order valence-electron chi connectivity index (χ0n) is 25.2. The molecule has 42 heavy (non-hydrogen) atoms. The molecule has 3 unspecified atom stereocenters. The Balaban J connectivity index is 1.28. The van der Waals surface area contributed by atoms with Crippen LogP contribution in [0.1, 0.15) is 58.4 Å². The van der Waals surface area contributed by atoms with Crippen LogP contribution in [0.2, 0.25) is 0 Å². The fourth-order valence-electron chi connectivity index (χ4n) is 7.34. The van der Waals surface area contributed by atoms with Crippen LogP contribution < -0.4 is 4.90 Å². The summed E-state index contributed by atoms with van der Waals surface area (Å²) in [7, 11) is 0. The van der Waals surface area contributed by atoms with Crippen molar-refractivity contribution in [2.75, 3.05) is 4.90 Å². The molecule has 0 bridgehead atoms. The quantitative estimate of drug-likeness (QED) is 0.304. The molecule has 1 aromatic heterocycles. The number of aromatic nitrogens is 2. The van der Waals surface area contributed by atoms with Crippen LogP contribution in [0.15, 0.2) is 132 Å². The molecule has 3 heteroatoms. The molecule has 0 fully saturated rings. The van der Waals surface area contributed by atoms with Gasteiger partial charge in [0, 0.05) is 46.9 Å².